The number of nitrogens with zero attached hydrogens (tertiary/aromatic N) is 1. The molecule has 0 aliphatic heterocycles. The number of hydrogen-bond donors (Lipinski definition) is 1. The van der Waals surface area contributed by atoms with Gasteiger partial charge in [-0.15, -0.1) is 11.3 Å². The van der Waals surface area contributed by atoms with Crippen LogP contribution in [-0.4, -0.2) is 10.9 Å². The lowest BCUT2D eigenvalue weighted by atomic mass is 10.1. The number of carbonyl (C=O) groups is 1. The minimum atomic E-state index is -0.206. The third kappa shape index (κ3) is 3.69. The number of anilines is 1. The number of halogens is 2. The number of rotatable bonds is 3. The Balaban J connectivity index is 1.82. The number of para-hydroxylation sites is 1. The number of benzene rings is 2. The van der Waals surface area contributed by atoms with Crippen molar-refractivity contribution in [3.63, 3.8) is 0 Å². The second kappa shape index (κ2) is 7.31. The van der Waals surface area contributed by atoms with E-state index in [-0.39, 0.29) is 5.91 Å². The van der Waals surface area contributed by atoms with Crippen molar-refractivity contribution in [1.29, 1.82) is 0 Å². The van der Waals surface area contributed by atoms with Crippen LogP contribution in [0.1, 0.15) is 15.9 Å². The Morgan fingerprint density at radius 1 is 1.04 bits per heavy atom. The third-order valence-electron chi connectivity index (χ3n) is 4.23. The van der Waals surface area contributed by atoms with E-state index >= 15 is 0 Å². The zero-order valence-corrected chi connectivity index (χ0v) is 16.6. The summed E-state index contributed by atoms with van der Waals surface area (Å²) in [5.41, 5.74) is 3.66. The van der Waals surface area contributed by atoms with Gasteiger partial charge in [0.25, 0.3) is 5.91 Å². The minimum absolute atomic E-state index is 0.206. The molecule has 2 aromatic heterocycles. The summed E-state index contributed by atoms with van der Waals surface area (Å²) in [6.45, 7) is 1.93. The van der Waals surface area contributed by atoms with Gasteiger partial charge < -0.3 is 5.32 Å². The Bertz CT molecular complexity index is 1170. The molecule has 1 N–H and O–H groups in total. The summed E-state index contributed by atoms with van der Waals surface area (Å²) in [7, 11) is 0. The Morgan fingerprint density at radius 2 is 1.85 bits per heavy atom. The fraction of sp³-hybridized carbons (Fsp3) is 0.0476. The van der Waals surface area contributed by atoms with E-state index in [0.29, 0.717) is 20.6 Å². The topological polar surface area (TPSA) is 42.0 Å². The summed E-state index contributed by atoms with van der Waals surface area (Å²) < 4.78 is 0.681. The first-order valence-electron chi connectivity index (χ1n) is 8.24. The molecule has 0 aliphatic carbocycles. The molecule has 6 heteroatoms. The maximum Gasteiger partial charge on any atom is 0.256 e. The first-order valence-corrected chi connectivity index (χ1v) is 9.81. The van der Waals surface area contributed by atoms with Crippen molar-refractivity contribution in [3.8, 4) is 10.6 Å². The van der Waals surface area contributed by atoms with Crippen LogP contribution in [-0.2, 0) is 0 Å². The van der Waals surface area contributed by atoms with Crippen molar-refractivity contribution in [3.05, 3.63) is 81.1 Å². The molecule has 0 atom stereocenters. The summed E-state index contributed by atoms with van der Waals surface area (Å²) in [4.78, 5) is 18.7. The van der Waals surface area contributed by atoms with E-state index in [0.717, 1.165) is 27.0 Å². The van der Waals surface area contributed by atoms with Crippen molar-refractivity contribution >= 4 is 57.0 Å². The van der Waals surface area contributed by atoms with Crippen LogP contribution in [0.25, 0.3) is 21.5 Å². The van der Waals surface area contributed by atoms with E-state index in [2.05, 4.69) is 5.32 Å². The lowest BCUT2D eigenvalue weighted by Gasteiger charge is -2.12. The molecule has 0 unspecified atom stereocenters. The van der Waals surface area contributed by atoms with Crippen molar-refractivity contribution < 1.29 is 4.79 Å². The van der Waals surface area contributed by atoms with Crippen molar-refractivity contribution in [2.45, 2.75) is 6.92 Å². The molecular formula is C21H14Cl2N2OS. The molecular weight excluding hydrogens is 399 g/mol. The van der Waals surface area contributed by atoms with E-state index in [1.807, 2.05) is 49.4 Å². The largest absolute Gasteiger partial charge is 0.322 e. The van der Waals surface area contributed by atoms with Gasteiger partial charge in [0.05, 0.1) is 26.0 Å². The zero-order chi connectivity index (χ0) is 19.0. The molecule has 0 bridgehead atoms. The van der Waals surface area contributed by atoms with E-state index in [1.54, 1.807) is 18.2 Å². The Hall–Kier alpha value is -2.40. The molecule has 4 aromatic rings. The third-order valence-corrected chi connectivity index (χ3v) is 5.72. The number of amides is 1. The van der Waals surface area contributed by atoms with E-state index < -0.39 is 0 Å². The molecule has 0 aliphatic rings. The molecule has 2 aromatic carbocycles. The van der Waals surface area contributed by atoms with Crippen LogP contribution in [0.4, 0.5) is 5.69 Å². The molecule has 3 nitrogen and oxygen atoms in total. The second-order valence-electron chi connectivity index (χ2n) is 6.09. The average Bonchev–Trinajstić information content (AvgIpc) is 3.10. The number of thiophene rings is 1. The molecule has 1 amide bonds. The summed E-state index contributed by atoms with van der Waals surface area (Å²) >= 11 is 13.6. The van der Waals surface area contributed by atoms with Crippen molar-refractivity contribution in [1.82, 2.24) is 4.98 Å². The van der Waals surface area contributed by atoms with Crippen LogP contribution >= 0.6 is 34.5 Å². The number of aryl methyl sites for hydroxylation is 1. The maximum atomic E-state index is 13.1. The van der Waals surface area contributed by atoms with Crippen molar-refractivity contribution in [2.24, 2.45) is 0 Å². The lowest BCUT2D eigenvalue weighted by molar-refractivity contribution is 0.102. The molecule has 0 saturated heterocycles. The van der Waals surface area contributed by atoms with Gasteiger partial charge in [-0.1, -0.05) is 47.5 Å². The number of nitrogens with one attached hydrogen (secondary N) is 1. The first kappa shape index (κ1) is 18.0. The molecule has 27 heavy (non-hydrogen) atoms. The van der Waals surface area contributed by atoms with Gasteiger partial charge in [0.2, 0.25) is 0 Å². The standard InChI is InChI=1S/C21H14Cl2N2OS/c1-12-6-7-13(22)10-17(12)25-21(26)15-11-18(19-8-9-20(23)27-19)24-16-5-3-2-4-14(15)16/h2-11H,1H3,(H,25,26). The summed E-state index contributed by atoms with van der Waals surface area (Å²) in [6.07, 6.45) is 0. The van der Waals surface area contributed by atoms with Gasteiger partial charge in [0.15, 0.2) is 0 Å². The van der Waals surface area contributed by atoms with E-state index in [9.17, 15) is 4.79 Å². The van der Waals surface area contributed by atoms with Crippen LogP contribution < -0.4 is 5.32 Å². The molecule has 0 spiro atoms. The van der Waals surface area contributed by atoms with Gasteiger partial charge in [-0.05, 0) is 48.9 Å². The van der Waals surface area contributed by atoms with Gasteiger partial charge in [-0.3, -0.25) is 4.79 Å². The quantitative estimate of drug-likeness (QED) is 0.400. The normalized spacial score (nSPS) is 10.9. The Kier molecular flexibility index (Phi) is 4.87. The SMILES string of the molecule is Cc1ccc(Cl)cc1NC(=O)c1cc(-c2ccc(Cl)s2)nc2ccccc12. The van der Waals surface area contributed by atoms with Crippen LogP contribution in [0.2, 0.25) is 9.36 Å². The highest BCUT2D eigenvalue weighted by Crippen LogP contribution is 2.32. The number of pyridine rings is 1. The molecule has 134 valence electrons. The Labute approximate surface area is 170 Å². The highest BCUT2D eigenvalue weighted by Gasteiger charge is 2.16. The second-order valence-corrected chi connectivity index (χ2v) is 8.24. The highest BCUT2D eigenvalue weighted by atomic mass is 35.5. The molecule has 0 radical (unpaired) electrons. The van der Waals surface area contributed by atoms with Crippen LogP contribution in [0.5, 0.6) is 0 Å². The number of carbonyl (C=O) groups excluding carboxylic acids is 1. The van der Waals surface area contributed by atoms with Gasteiger partial charge in [-0.2, -0.15) is 0 Å². The fourth-order valence-electron chi connectivity index (χ4n) is 2.86. The van der Waals surface area contributed by atoms with Gasteiger partial charge in [-0.25, -0.2) is 4.98 Å². The maximum absolute atomic E-state index is 13.1. The highest BCUT2D eigenvalue weighted by molar-refractivity contribution is 7.19. The molecule has 0 fully saturated rings. The monoisotopic (exact) mass is 412 g/mol. The van der Waals surface area contributed by atoms with Gasteiger partial charge in [0, 0.05) is 16.1 Å². The summed E-state index contributed by atoms with van der Waals surface area (Å²) in [6, 6.07) is 18.6. The number of hydrogen-bond acceptors (Lipinski definition) is 3. The molecule has 0 saturated carbocycles. The fourth-order valence-corrected chi connectivity index (χ4v) is 4.04. The van der Waals surface area contributed by atoms with Crippen LogP contribution in [0.15, 0.2) is 60.7 Å². The lowest BCUT2D eigenvalue weighted by Crippen LogP contribution is -2.14. The predicted molar refractivity (Wildman–Crippen MR) is 114 cm³/mol. The first-order chi connectivity index (χ1) is 13.0. The summed E-state index contributed by atoms with van der Waals surface area (Å²) in [5, 5.41) is 4.34. The predicted octanol–water partition coefficient (Wildman–Crippen LogP) is 6.83. The van der Waals surface area contributed by atoms with Crippen molar-refractivity contribution in [2.75, 3.05) is 5.32 Å². The zero-order valence-electron chi connectivity index (χ0n) is 14.3. The number of fused-ring (bicyclic) bond motifs is 1. The van der Waals surface area contributed by atoms with Crippen LogP contribution in [0, 0.1) is 6.92 Å². The molecule has 2 heterocycles. The number of aromatic nitrogens is 1. The van der Waals surface area contributed by atoms with Gasteiger partial charge in [0.1, 0.15) is 0 Å². The minimum Gasteiger partial charge on any atom is -0.322 e. The molecule has 4 rings (SSSR count). The Morgan fingerprint density at radius 3 is 2.63 bits per heavy atom. The van der Waals surface area contributed by atoms with Gasteiger partial charge >= 0.3 is 0 Å². The van der Waals surface area contributed by atoms with Crippen LogP contribution in [0.3, 0.4) is 0 Å². The smallest absolute Gasteiger partial charge is 0.256 e. The van der Waals surface area contributed by atoms with E-state index in [1.165, 1.54) is 11.3 Å². The average molecular weight is 413 g/mol. The summed E-state index contributed by atoms with van der Waals surface area (Å²) in [5.74, 6) is -0.206. The van der Waals surface area contributed by atoms with E-state index in [4.69, 9.17) is 28.2 Å².